The molecule has 0 atom stereocenters. The van der Waals surface area contributed by atoms with Gasteiger partial charge in [0.2, 0.25) is 0 Å². The molecular formula is C19H21N5O. The number of aromatic nitrogens is 3. The highest BCUT2D eigenvalue weighted by Gasteiger charge is 2.25. The molecule has 3 heterocycles. The lowest BCUT2D eigenvalue weighted by atomic mass is 10.1. The van der Waals surface area contributed by atoms with Crippen molar-refractivity contribution in [2.45, 2.75) is 13.8 Å². The number of nitrogens with one attached hydrogen (secondary N) is 1. The molecule has 0 aliphatic carbocycles. The number of aromatic amines is 1. The SMILES string of the molecule is Cc1cccc(N2CCN(C(=O)c3n[nH]c4ccncc34)CC2)c1C. The fourth-order valence-electron chi connectivity index (χ4n) is 3.40. The van der Waals surface area contributed by atoms with Gasteiger partial charge in [0, 0.05) is 44.3 Å². The summed E-state index contributed by atoms with van der Waals surface area (Å²) < 4.78 is 0. The van der Waals surface area contributed by atoms with Crippen LogP contribution in [-0.2, 0) is 0 Å². The third-order valence-electron chi connectivity index (χ3n) is 5.05. The van der Waals surface area contributed by atoms with Crippen LogP contribution >= 0.6 is 0 Å². The lowest BCUT2D eigenvalue weighted by Gasteiger charge is -2.36. The van der Waals surface area contributed by atoms with E-state index >= 15 is 0 Å². The van der Waals surface area contributed by atoms with Gasteiger partial charge in [0.1, 0.15) is 0 Å². The van der Waals surface area contributed by atoms with Gasteiger partial charge < -0.3 is 9.80 Å². The molecule has 6 heteroatoms. The van der Waals surface area contributed by atoms with Gasteiger partial charge in [-0.3, -0.25) is 14.9 Å². The zero-order valence-electron chi connectivity index (χ0n) is 14.5. The van der Waals surface area contributed by atoms with Gasteiger partial charge in [-0.15, -0.1) is 0 Å². The largest absolute Gasteiger partial charge is 0.368 e. The maximum atomic E-state index is 12.8. The first-order chi connectivity index (χ1) is 12.1. The monoisotopic (exact) mass is 335 g/mol. The Morgan fingerprint density at radius 1 is 1.12 bits per heavy atom. The van der Waals surface area contributed by atoms with Gasteiger partial charge in [-0.25, -0.2) is 0 Å². The van der Waals surface area contributed by atoms with Crippen LogP contribution in [0.4, 0.5) is 5.69 Å². The zero-order valence-corrected chi connectivity index (χ0v) is 14.5. The normalized spacial score (nSPS) is 15.0. The number of piperazine rings is 1. The van der Waals surface area contributed by atoms with Gasteiger partial charge in [-0.1, -0.05) is 12.1 Å². The second kappa shape index (κ2) is 6.20. The molecule has 0 bridgehead atoms. The maximum absolute atomic E-state index is 12.8. The van der Waals surface area contributed by atoms with Crippen molar-refractivity contribution < 1.29 is 4.79 Å². The summed E-state index contributed by atoms with van der Waals surface area (Å²) >= 11 is 0. The summed E-state index contributed by atoms with van der Waals surface area (Å²) in [5, 5.41) is 7.89. The summed E-state index contributed by atoms with van der Waals surface area (Å²) in [7, 11) is 0. The molecule has 1 aliphatic heterocycles. The Morgan fingerprint density at radius 3 is 2.72 bits per heavy atom. The molecule has 1 N–H and O–H groups in total. The summed E-state index contributed by atoms with van der Waals surface area (Å²) in [6.07, 6.45) is 3.39. The van der Waals surface area contributed by atoms with Crippen LogP contribution in [-0.4, -0.2) is 52.2 Å². The van der Waals surface area contributed by atoms with Crippen molar-refractivity contribution >= 4 is 22.5 Å². The molecule has 0 radical (unpaired) electrons. The first kappa shape index (κ1) is 15.6. The number of carbonyl (C=O) groups is 1. The summed E-state index contributed by atoms with van der Waals surface area (Å²) in [6.45, 7) is 7.34. The fourth-order valence-corrected chi connectivity index (χ4v) is 3.40. The Bertz CT molecular complexity index is 924. The third-order valence-corrected chi connectivity index (χ3v) is 5.05. The molecule has 3 aromatic rings. The Morgan fingerprint density at radius 2 is 1.92 bits per heavy atom. The second-order valence-corrected chi connectivity index (χ2v) is 6.49. The van der Waals surface area contributed by atoms with E-state index in [4.69, 9.17) is 0 Å². The minimum atomic E-state index is -0.0279. The van der Waals surface area contributed by atoms with Crippen molar-refractivity contribution in [2.75, 3.05) is 31.1 Å². The lowest BCUT2D eigenvalue weighted by Crippen LogP contribution is -2.49. The van der Waals surface area contributed by atoms with Gasteiger partial charge in [-0.05, 0) is 37.1 Å². The zero-order chi connectivity index (χ0) is 17.4. The third kappa shape index (κ3) is 2.73. The molecule has 1 aromatic carbocycles. The van der Waals surface area contributed by atoms with Gasteiger partial charge in [0.15, 0.2) is 5.69 Å². The van der Waals surface area contributed by atoms with Gasteiger partial charge >= 0.3 is 0 Å². The number of rotatable bonds is 2. The van der Waals surface area contributed by atoms with E-state index in [0.717, 1.165) is 24.0 Å². The first-order valence-corrected chi connectivity index (χ1v) is 8.53. The van der Waals surface area contributed by atoms with E-state index < -0.39 is 0 Å². The molecule has 6 nitrogen and oxygen atoms in total. The summed E-state index contributed by atoms with van der Waals surface area (Å²) in [5.74, 6) is -0.0279. The number of hydrogen-bond donors (Lipinski definition) is 1. The van der Waals surface area contributed by atoms with Crippen LogP contribution in [0.5, 0.6) is 0 Å². The van der Waals surface area contributed by atoms with E-state index in [2.05, 4.69) is 52.1 Å². The highest BCUT2D eigenvalue weighted by Crippen LogP contribution is 2.24. The summed E-state index contributed by atoms with van der Waals surface area (Å²) in [5.41, 5.74) is 5.18. The molecular weight excluding hydrogens is 314 g/mol. The number of pyridine rings is 1. The van der Waals surface area contributed by atoms with E-state index in [-0.39, 0.29) is 5.91 Å². The average Bonchev–Trinajstić information content (AvgIpc) is 3.08. The average molecular weight is 335 g/mol. The van der Waals surface area contributed by atoms with E-state index in [0.29, 0.717) is 18.8 Å². The predicted molar refractivity (Wildman–Crippen MR) is 97.9 cm³/mol. The smallest absolute Gasteiger partial charge is 0.275 e. The summed E-state index contributed by atoms with van der Waals surface area (Å²) in [6, 6.07) is 8.22. The van der Waals surface area contributed by atoms with Crippen molar-refractivity contribution in [3.8, 4) is 0 Å². The molecule has 1 fully saturated rings. The molecule has 0 unspecified atom stereocenters. The summed E-state index contributed by atoms with van der Waals surface area (Å²) in [4.78, 5) is 21.2. The van der Waals surface area contributed by atoms with Crippen molar-refractivity contribution in [2.24, 2.45) is 0 Å². The Labute approximate surface area is 146 Å². The Kier molecular flexibility index (Phi) is 3.87. The van der Waals surface area contributed by atoms with E-state index in [1.165, 1.54) is 16.8 Å². The predicted octanol–water partition coefficient (Wildman–Crippen LogP) is 2.54. The van der Waals surface area contributed by atoms with Gasteiger partial charge in [0.05, 0.1) is 10.9 Å². The lowest BCUT2D eigenvalue weighted by molar-refractivity contribution is 0.0742. The van der Waals surface area contributed by atoms with Crippen LogP contribution in [0.3, 0.4) is 0 Å². The fraction of sp³-hybridized carbons (Fsp3) is 0.316. The molecule has 0 saturated carbocycles. The number of anilines is 1. The van der Waals surface area contributed by atoms with Crippen molar-refractivity contribution in [3.63, 3.8) is 0 Å². The molecule has 2 aromatic heterocycles. The number of carbonyl (C=O) groups excluding carboxylic acids is 1. The Balaban J connectivity index is 1.50. The Hall–Kier alpha value is -2.89. The van der Waals surface area contributed by atoms with Crippen LogP contribution in [0.15, 0.2) is 36.7 Å². The van der Waals surface area contributed by atoms with Crippen LogP contribution in [0, 0.1) is 13.8 Å². The quantitative estimate of drug-likeness (QED) is 0.782. The number of fused-ring (bicyclic) bond motifs is 1. The van der Waals surface area contributed by atoms with Crippen molar-refractivity contribution in [1.82, 2.24) is 20.1 Å². The number of nitrogens with zero attached hydrogens (tertiary/aromatic N) is 4. The number of benzene rings is 1. The number of aryl methyl sites for hydroxylation is 1. The van der Waals surface area contributed by atoms with E-state index in [1.54, 1.807) is 12.4 Å². The molecule has 1 saturated heterocycles. The highest BCUT2D eigenvalue weighted by atomic mass is 16.2. The number of hydrogen-bond acceptors (Lipinski definition) is 4. The van der Waals surface area contributed by atoms with Crippen LogP contribution in [0.1, 0.15) is 21.6 Å². The minimum Gasteiger partial charge on any atom is -0.368 e. The van der Waals surface area contributed by atoms with Crippen molar-refractivity contribution in [3.05, 3.63) is 53.5 Å². The minimum absolute atomic E-state index is 0.0279. The molecule has 128 valence electrons. The van der Waals surface area contributed by atoms with Crippen LogP contribution in [0.2, 0.25) is 0 Å². The molecule has 25 heavy (non-hydrogen) atoms. The van der Waals surface area contributed by atoms with E-state index in [9.17, 15) is 4.79 Å². The molecule has 1 aliphatic rings. The first-order valence-electron chi connectivity index (χ1n) is 8.53. The standard InChI is InChI=1S/C19H21N5O/c1-13-4-3-5-17(14(13)2)23-8-10-24(11-9-23)19(25)18-15-12-20-7-6-16(15)21-22-18/h3-7,12H,8-11H2,1-2H3,(H,21,22). The number of H-pyrrole nitrogens is 1. The highest BCUT2D eigenvalue weighted by molar-refractivity contribution is 6.04. The second-order valence-electron chi connectivity index (χ2n) is 6.49. The van der Waals surface area contributed by atoms with E-state index in [1.807, 2.05) is 11.0 Å². The van der Waals surface area contributed by atoms with Gasteiger partial charge in [0.25, 0.3) is 5.91 Å². The van der Waals surface area contributed by atoms with Gasteiger partial charge in [-0.2, -0.15) is 5.10 Å². The molecule has 1 amide bonds. The van der Waals surface area contributed by atoms with Crippen LogP contribution in [0.25, 0.3) is 10.9 Å². The topological polar surface area (TPSA) is 65.1 Å². The molecule has 4 rings (SSSR count). The maximum Gasteiger partial charge on any atom is 0.275 e. The van der Waals surface area contributed by atoms with Crippen molar-refractivity contribution in [1.29, 1.82) is 0 Å². The van der Waals surface area contributed by atoms with Crippen LogP contribution < -0.4 is 4.90 Å². The molecule has 0 spiro atoms. The number of amides is 1.